The maximum absolute atomic E-state index is 5.28. The van der Waals surface area contributed by atoms with Gasteiger partial charge in [-0.1, -0.05) is 166 Å². The Labute approximate surface area is 298 Å². The third-order valence-electron chi connectivity index (χ3n) is 11.1. The normalized spacial score (nSPS) is 13.1. The molecule has 51 heavy (non-hydrogen) atoms. The van der Waals surface area contributed by atoms with Crippen LogP contribution in [0.15, 0.2) is 176 Å². The van der Waals surface area contributed by atoms with E-state index in [1.165, 1.54) is 71.3 Å². The van der Waals surface area contributed by atoms with E-state index in [-0.39, 0.29) is 5.41 Å². The molecular weight excluding hydrogens is 615 g/mol. The molecule has 0 unspecified atom stereocenters. The third-order valence-corrected chi connectivity index (χ3v) is 11.1. The number of fused-ring (bicyclic) bond motifs is 9. The molecule has 1 heteroatoms. The molecule has 0 radical (unpaired) electrons. The van der Waals surface area contributed by atoms with Crippen LogP contribution in [0.3, 0.4) is 0 Å². The maximum atomic E-state index is 5.28. The SMILES string of the molecule is CC1(C)c2ccccc2-c2cc(-c3cccc4c5ccccc5c5cc(-c6cc(-c7ccccc7)cc(-c7ccccc7)n6)ccc5c34)ccc21. The lowest BCUT2D eigenvalue weighted by molar-refractivity contribution is 0.660. The Morgan fingerprint density at radius 3 is 1.69 bits per heavy atom. The van der Waals surface area contributed by atoms with Gasteiger partial charge in [-0.05, 0) is 101 Å². The number of aromatic nitrogens is 1. The molecule has 9 aromatic rings. The van der Waals surface area contributed by atoms with E-state index in [0.717, 1.165) is 28.1 Å². The maximum Gasteiger partial charge on any atom is 0.0715 e. The fraction of sp³-hybridized carbons (Fsp3) is 0.0600. The van der Waals surface area contributed by atoms with Gasteiger partial charge in [0.2, 0.25) is 0 Å². The highest BCUT2D eigenvalue weighted by Crippen LogP contribution is 2.50. The monoisotopic (exact) mass is 649 g/mol. The molecule has 1 nitrogen and oxygen atoms in total. The van der Waals surface area contributed by atoms with Crippen molar-refractivity contribution in [1.82, 2.24) is 4.98 Å². The van der Waals surface area contributed by atoms with Gasteiger partial charge in [-0.15, -0.1) is 0 Å². The van der Waals surface area contributed by atoms with Crippen molar-refractivity contribution in [3.8, 4) is 55.9 Å². The first-order chi connectivity index (χ1) is 25.0. The molecule has 8 aromatic carbocycles. The quantitative estimate of drug-likeness (QED) is 0.173. The highest BCUT2D eigenvalue weighted by atomic mass is 14.7. The lowest BCUT2D eigenvalue weighted by atomic mass is 9.82. The van der Waals surface area contributed by atoms with Crippen molar-refractivity contribution in [3.63, 3.8) is 0 Å². The number of hydrogen-bond donors (Lipinski definition) is 0. The minimum Gasteiger partial charge on any atom is -0.248 e. The molecular formula is C50H35N. The molecule has 0 amide bonds. The zero-order chi connectivity index (χ0) is 34.1. The summed E-state index contributed by atoms with van der Waals surface area (Å²) in [6.07, 6.45) is 0. The van der Waals surface area contributed by atoms with E-state index in [0.29, 0.717) is 0 Å². The molecule has 1 aliphatic carbocycles. The Bertz CT molecular complexity index is 2750. The average molecular weight is 650 g/mol. The van der Waals surface area contributed by atoms with E-state index >= 15 is 0 Å². The van der Waals surface area contributed by atoms with Crippen molar-refractivity contribution in [2.75, 3.05) is 0 Å². The zero-order valence-electron chi connectivity index (χ0n) is 28.7. The largest absolute Gasteiger partial charge is 0.248 e. The minimum absolute atomic E-state index is 0.0191. The van der Waals surface area contributed by atoms with Crippen LogP contribution in [0.25, 0.3) is 88.2 Å². The summed E-state index contributed by atoms with van der Waals surface area (Å²) < 4.78 is 0. The second-order valence-electron chi connectivity index (χ2n) is 14.3. The van der Waals surface area contributed by atoms with Crippen LogP contribution in [0, 0.1) is 0 Å². The first-order valence-corrected chi connectivity index (χ1v) is 17.8. The molecule has 0 N–H and O–H groups in total. The van der Waals surface area contributed by atoms with Crippen LogP contribution in [0.1, 0.15) is 25.0 Å². The highest BCUT2D eigenvalue weighted by molar-refractivity contribution is 6.28. The lowest BCUT2D eigenvalue weighted by Gasteiger charge is -2.21. The van der Waals surface area contributed by atoms with E-state index in [2.05, 4.69) is 190 Å². The summed E-state index contributed by atoms with van der Waals surface area (Å²) >= 11 is 0. The smallest absolute Gasteiger partial charge is 0.0715 e. The van der Waals surface area contributed by atoms with Gasteiger partial charge in [0.05, 0.1) is 11.4 Å². The standard InChI is InChI=1S/C50H35N/c1-50(2)45-23-12-11-20-40(45)44-28-34(25-27-46(44)50)37-21-13-22-41-38-18-9-10-19-39(38)43-29-35(24-26-42(43)49(37)41)48-31-36(32-14-5-3-6-15-32)30-47(51-48)33-16-7-4-8-17-33/h3-31H,1-2H3. The number of rotatable bonds is 4. The van der Waals surface area contributed by atoms with Gasteiger partial charge < -0.3 is 0 Å². The molecule has 0 fully saturated rings. The Morgan fingerprint density at radius 1 is 0.333 bits per heavy atom. The van der Waals surface area contributed by atoms with Gasteiger partial charge in [0, 0.05) is 16.5 Å². The van der Waals surface area contributed by atoms with Crippen molar-refractivity contribution in [2.24, 2.45) is 0 Å². The third kappa shape index (κ3) is 4.66. The van der Waals surface area contributed by atoms with E-state index in [4.69, 9.17) is 4.98 Å². The number of nitrogens with zero attached hydrogens (tertiary/aromatic N) is 1. The van der Waals surface area contributed by atoms with Crippen molar-refractivity contribution in [3.05, 3.63) is 187 Å². The van der Waals surface area contributed by atoms with Crippen LogP contribution in [0.4, 0.5) is 0 Å². The molecule has 1 aliphatic rings. The number of pyridine rings is 1. The second kappa shape index (κ2) is 11.4. The first-order valence-electron chi connectivity index (χ1n) is 17.8. The van der Waals surface area contributed by atoms with Crippen LogP contribution in [0.2, 0.25) is 0 Å². The predicted octanol–water partition coefficient (Wildman–Crippen LogP) is 13.5. The molecule has 0 spiro atoms. The summed E-state index contributed by atoms with van der Waals surface area (Å²) in [6.45, 7) is 4.69. The van der Waals surface area contributed by atoms with Crippen LogP contribution in [0.5, 0.6) is 0 Å². The molecule has 10 rings (SSSR count). The Hall–Kier alpha value is -6.31. The van der Waals surface area contributed by atoms with Crippen molar-refractivity contribution in [2.45, 2.75) is 19.3 Å². The predicted molar refractivity (Wildman–Crippen MR) is 216 cm³/mol. The molecule has 0 saturated carbocycles. The van der Waals surface area contributed by atoms with Crippen molar-refractivity contribution in [1.29, 1.82) is 0 Å². The first kappa shape index (κ1) is 29.6. The summed E-state index contributed by atoms with van der Waals surface area (Å²) in [4.78, 5) is 5.28. The van der Waals surface area contributed by atoms with Crippen LogP contribution >= 0.6 is 0 Å². The summed E-state index contributed by atoms with van der Waals surface area (Å²) in [5.41, 5.74) is 14.5. The Morgan fingerprint density at radius 2 is 0.902 bits per heavy atom. The van der Waals surface area contributed by atoms with Gasteiger partial charge in [-0.25, -0.2) is 4.98 Å². The van der Waals surface area contributed by atoms with Gasteiger partial charge >= 0.3 is 0 Å². The number of hydrogen-bond acceptors (Lipinski definition) is 1. The number of benzene rings is 8. The molecule has 1 aromatic heterocycles. The van der Waals surface area contributed by atoms with Gasteiger partial charge in [0.25, 0.3) is 0 Å². The minimum atomic E-state index is -0.0191. The summed E-state index contributed by atoms with van der Waals surface area (Å²) in [5.74, 6) is 0. The van der Waals surface area contributed by atoms with Crippen LogP contribution in [-0.2, 0) is 5.41 Å². The molecule has 0 bridgehead atoms. The fourth-order valence-electron chi connectivity index (χ4n) is 8.52. The van der Waals surface area contributed by atoms with E-state index in [9.17, 15) is 0 Å². The van der Waals surface area contributed by atoms with E-state index in [1.54, 1.807) is 0 Å². The average Bonchev–Trinajstić information content (AvgIpc) is 3.43. The van der Waals surface area contributed by atoms with E-state index < -0.39 is 0 Å². The van der Waals surface area contributed by atoms with Gasteiger partial charge in [-0.2, -0.15) is 0 Å². The fourth-order valence-corrected chi connectivity index (χ4v) is 8.52. The van der Waals surface area contributed by atoms with Gasteiger partial charge in [-0.3, -0.25) is 0 Å². The summed E-state index contributed by atoms with van der Waals surface area (Å²) in [7, 11) is 0. The lowest BCUT2D eigenvalue weighted by Crippen LogP contribution is -2.14. The topological polar surface area (TPSA) is 12.9 Å². The summed E-state index contributed by atoms with van der Waals surface area (Å²) in [5, 5.41) is 7.59. The highest BCUT2D eigenvalue weighted by Gasteiger charge is 2.35. The zero-order valence-corrected chi connectivity index (χ0v) is 28.7. The van der Waals surface area contributed by atoms with Crippen molar-refractivity contribution < 1.29 is 0 Å². The molecule has 0 atom stereocenters. The molecule has 0 saturated heterocycles. The van der Waals surface area contributed by atoms with E-state index in [1.807, 2.05) is 0 Å². The second-order valence-corrected chi connectivity index (χ2v) is 14.3. The Kier molecular flexibility index (Phi) is 6.60. The summed E-state index contributed by atoms with van der Waals surface area (Å²) in [6, 6.07) is 64.2. The van der Waals surface area contributed by atoms with Crippen LogP contribution in [-0.4, -0.2) is 4.98 Å². The van der Waals surface area contributed by atoms with Gasteiger partial charge in [0.15, 0.2) is 0 Å². The molecule has 1 heterocycles. The molecule has 240 valence electrons. The van der Waals surface area contributed by atoms with Crippen LogP contribution < -0.4 is 0 Å². The van der Waals surface area contributed by atoms with Crippen molar-refractivity contribution >= 4 is 32.3 Å². The Balaban J connectivity index is 1.21. The van der Waals surface area contributed by atoms with Gasteiger partial charge in [0.1, 0.15) is 0 Å². The molecule has 0 aliphatic heterocycles.